The minimum Gasteiger partial charge on any atom is -0.478 e. The molecule has 2 aliphatic rings. The Balaban J connectivity index is 1.11. The van der Waals surface area contributed by atoms with E-state index in [0.717, 1.165) is 54.4 Å². The molecule has 4 aromatic heterocycles. The molecule has 1 amide bonds. The summed E-state index contributed by atoms with van der Waals surface area (Å²) in [5, 5.41) is 24.0. The summed E-state index contributed by atoms with van der Waals surface area (Å²) < 4.78 is 17.1. The zero-order valence-electron chi connectivity index (χ0n) is 27.0. The number of fused-ring (bicyclic) bond motifs is 2. The normalized spacial score (nSPS) is 17.2. The molecule has 1 saturated heterocycles. The molecule has 246 valence electrons. The monoisotopic (exact) mass is 640 g/mol. The van der Waals surface area contributed by atoms with Gasteiger partial charge in [0, 0.05) is 36.5 Å². The Morgan fingerprint density at radius 2 is 1.94 bits per heavy atom. The van der Waals surface area contributed by atoms with Crippen LogP contribution in [0.5, 0.6) is 0 Å². The SMILES string of the molecule is CC(C)(C)OC(=O)N(Cc1ccc2nc(Cn3cc(-c4cc(C(=O)O)cc5c4cnn5C4CCCCO4)nn3)cn2c1)CC1CCC1. The summed E-state index contributed by atoms with van der Waals surface area (Å²) in [5.74, 6) is -0.511. The zero-order valence-corrected chi connectivity index (χ0v) is 27.0. The second-order valence-corrected chi connectivity index (χ2v) is 13.7. The zero-order chi connectivity index (χ0) is 32.7. The molecule has 47 heavy (non-hydrogen) atoms. The third-order valence-electron chi connectivity index (χ3n) is 8.82. The lowest BCUT2D eigenvalue weighted by Crippen LogP contribution is -2.40. The van der Waals surface area contributed by atoms with Gasteiger partial charge in [0.15, 0.2) is 6.23 Å². The van der Waals surface area contributed by atoms with Gasteiger partial charge in [-0.25, -0.2) is 23.9 Å². The number of pyridine rings is 1. The minimum atomic E-state index is -1.03. The number of carbonyl (C=O) groups excluding carboxylic acids is 1. The molecule has 2 fully saturated rings. The van der Waals surface area contributed by atoms with Crippen LogP contribution in [0.25, 0.3) is 27.8 Å². The third-order valence-corrected chi connectivity index (χ3v) is 8.82. The van der Waals surface area contributed by atoms with Crippen LogP contribution in [0.4, 0.5) is 4.79 Å². The number of hydrogen-bond donors (Lipinski definition) is 1. The molecular weight excluding hydrogens is 600 g/mol. The van der Waals surface area contributed by atoms with Gasteiger partial charge in [0.2, 0.25) is 0 Å². The first kappa shape index (κ1) is 30.9. The number of aromatic nitrogens is 7. The topological polar surface area (TPSA) is 142 Å². The van der Waals surface area contributed by atoms with Crippen LogP contribution >= 0.6 is 0 Å². The molecule has 1 N–H and O–H groups in total. The molecule has 5 heterocycles. The Morgan fingerprint density at radius 3 is 2.66 bits per heavy atom. The summed E-state index contributed by atoms with van der Waals surface area (Å²) in [6, 6.07) is 7.20. The van der Waals surface area contributed by atoms with Gasteiger partial charge < -0.3 is 23.9 Å². The van der Waals surface area contributed by atoms with Crippen molar-refractivity contribution in [3.8, 4) is 11.3 Å². The van der Waals surface area contributed by atoms with Crippen LogP contribution in [0.3, 0.4) is 0 Å². The van der Waals surface area contributed by atoms with E-state index in [-0.39, 0.29) is 17.9 Å². The Morgan fingerprint density at radius 1 is 1.09 bits per heavy atom. The highest BCUT2D eigenvalue weighted by atomic mass is 16.6. The fourth-order valence-electron chi connectivity index (χ4n) is 6.29. The fourth-order valence-corrected chi connectivity index (χ4v) is 6.29. The number of carboxylic acid groups (broad SMARTS) is 1. The van der Waals surface area contributed by atoms with Gasteiger partial charge >= 0.3 is 12.1 Å². The van der Waals surface area contributed by atoms with Crippen LogP contribution in [0.2, 0.25) is 0 Å². The van der Waals surface area contributed by atoms with Gasteiger partial charge in [-0.3, -0.25) is 0 Å². The Kier molecular flexibility index (Phi) is 8.16. The van der Waals surface area contributed by atoms with Crippen LogP contribution in [0.15, 0.2) is 49.1 Å². The van der Waals surface area contributed by atoms with E-state index < -0.39 is 11.6 Å². The van der Waals surface area contributed by atoms with E-state index in [1.165, 1.54) is 6.42 Å². The van der Waals surface area contributed by atoms with E-state index >= 15 is 0 Å². The molecule has 5 aromatic rings. The van der Waals surface area contributed by atoms with Crippen LogP contribution < -0.4 is 0 Å². The van der Waals surface area contributed by atoms with Crippen molar-refractivity contribution in [1.82, 2.24) is 39.1 Å². The molecule has 13 nitrogen and oxygen atoms in total. The van der Waals surface area contributed by atoms with Crippen molar-refractivity contribution in [2.75, 3.05) is 13.2 Å². The van der Waals surface area contributed by atoms with Gasteiger partial charge in [-0.05, 0) is 82.6 Å². The maximum atomic E-state index is 13.0. The van der Waals surface area contributed by atoms with Gasteiger partial charge in [-0.1, -0.05) is 17.7 Å². The highest BCUT2D eigenvalue weighted by Gasteiger charge is 2.28. The van der Waals surface area contributed by atoms with Crippen molar-refractivity contribution in [2.24, 2.45) is 5.92 Å². The van der Waals surface area contributed by atoms with Crippen molar-refractivity contribution in [3.63, 3.8) is 0 Å². The first-order valence-electron chi connectivity index (χ1n) is 16.3. The highest BCUT2D eigenvalue weighted by Crippen LogP contribution is 2.33. The van der Waals surface area contributed by atoms with Gasteiger partial charge in [0.1, 0.15) is 16.9 Å². The lowest BCUT2D eigenvalue weighted by atomic mass is 9.85. The quantitative estimate of drug-likeness (QED) is 0.208. The number of imidazole rings is 1. The van der Waals surface area contributed by atoms with Crippen molar-refractivity contribution >= 4 is 28.6 Å². The van der Waals surface area contributed by atoms with Crippen molar-refractivity contribution in [1.29, 1.82) is 0 Å². The number of benzene rings is 1. The Hall–Kier alpha value is -4.78. The highest BCUT2D eigenvalue weighted by molar-refractivity contribution is 6.00. The predicted octanol–water partition coefficient (Wildman–Crippen LogP) is 5.93. The minimum absolute atomic E-state index is 0.147. The number of nitrogens with zero attached hydrogens (tertiary/aromatic N) is 8. The molecule has 1 aliphatic carbocycles. The second-order valence-electron chi connectivity index (χ2n) is 13.7. The number of amides is 1. The molecule has 0 spiro atoms. The molecule has 0 bridgehead atoms. The van der Waals surface area contributed by atoms with E-state index in [4.69, 9.17) is 14.5 Å². The Labute approximate surface area is 272 Å². The predicted molar refractivity (Wildman–Crippen MR) is 173 cm³/mol. The standard InChI is InChI=1S/C34H40N8O5/c1-34(2,3)47-33(45)40(16-22-7-6-8-22)18-23-10-11-30-36-25(19-39(30)17-23)20-41-21-28(37-38-41)26-13-24(32(43)44)14-29-27(26)15-35-42(29)31-9-4-5-12-46-31/h10-11,13-15,17,19,21-22,31H,4-9,12,16,18,20H2,1-3H3,(H,43,44). The van der Waals surface area contributed by atoms with Crippen molar-refractivity contribution in [2.45, 2.75) is 84.2 Å². The first-order valence-corrected chi connectivity index (χ1v) is 16.3. The molecule has 1 saturated carbocycles. The molecular formula is C34H40N8O5. The second kappa shape index (κ2) is 12.4. The molecule has 1 aliphatic heterocycles. The molecule has 7 rings (SSSR count). The molecule has 1 atom stereocenters. The molecule has 0 radical (unpaired) electrons. The number of hydrogen-bond acceptors (Lipinski definition) is 8. The largest absolute Gasteiger partial charge is 0.478 e. The maximum absolute atomic E-state index is 13.0. The lowest BCUT2D eigenvalue weighted by molar-refractivity contribution is -0.0366. The third kappa shape index (κ3) is 6.71. The van der Waals surface area contributed by atoms with Crippen LogP contribution in [0.1, 0.15) is 87.1 Å². The smallest absolute Gasteiger partial charge is 0.410 e. The van der Waals surface area contributed by atoms with Gasteiger partial charge in [-0.15, -0.1) is 5.10 Å². The average Bonchev–Trinajstić information content (AvgIpc) is 3.75. The lowest BCUT2D eigenvalue weighted by Gasteiger charge is -2.33. The Bertz CT molecular complexity index is 1930. The van der Waals surface area contributed by atoms with E-state index in [9.17, 15) is 14.7 Å². The number of rotatable bonds is 9. The molecule has 1 unspecified atom stereocenters. The number of carboxylic acids is 1. The van der Waals surface area contributed by atoms with Crippen LogP contribution in [-0.4, -0.2) is 75.0 Å². The molecule has 13 heteroatoms. The van der Waals surface area contributed by atoms with Crippen molar-refractivity contribution < 1.29 is 24.2 Å². The fraction of sp³-hybridized carbons (Fsp3) is 0.471. The summed E-state index contributed by atoms with van der Waals surface area (Å²) in [6.45, 7) is 7.83. The van der Waals surface area contributed by atoms with Crippen molar-refractivity contribution in [3.05, 3.63) is 65.9 Å². The first-order chi connectivity index (χ1) is 22.6. The summed E-state index contributed by atoms with van der Waals surface area (Å²) in [4.78, 5) is 31.7. The van der Waals surface area contributed by atoms with E-state index in [1.54, 1.807) is 33.9 Å². The van der Waals surface area contributed by atoms with E-state index in [2.05, 4.69) is 15.4 Å². The number of ether oxygens (including phenoxy) is 2. The molecule has 1 aromatic carbocycles. The summed E-state index contributed by atoms with van der Waals surface area (Å²) >= 11 is 0. The van der Waals surface area contributed by atoms with Crippen LogP contribution in [0, 0.1) is 5.92 Å². The number of aromatic carboxylic acids is 1. The van der Waals surface area contributed by atoms with E-state index in [1.807, 2.05) is 54.6 Å². The average molecular weight is 641 g/mol. The maximum Gasteiger partial charge on any atom is 0.410 e. The van der Waals surface area contributed by atoms with Gasteiger partial charge in [-0.2, -0.15) is 5.10 Å². The number of carbonyl (C=O) groups is 2. The van der Waals surface area contributed by atoms with Crippen LogP contribution in [-0.2, 0) is 22.6 Å². The summed E-state index contributed by atoms with van der Waals surface area (Å²) in [5.41, 5.74) is 4.01. The summed E-state index contributed by atoms with van der Waals surface area (Å²) in [7, 11) is 0. The summed E-state index contributed by atoms with van der Waals surface area (Å²) in [6.07, 6.45) is 13.3. The van der Waals surface area contributed by atoms with Gasteiger partial charge in [0.05, 0.1) is 42.3 Å². The van der Waals surface area contributed by atoms with E-state index in [0.29, 0.717) is 48.9 Å². The van der Waals surface area contributed by atoms with Gasteiger partial charge in [0.25, 0.3) is 0 Å².